The summed E-state index contributed by atoms with van der Waals surface area (Å²) < 4.78 is 12.9. The molecule has 1 unspecified atom stereocenters. The van der Waals surface area contributed by atoms with Crippen molar-refractivity contribution in [2.45, 2.75) is 25.8 Å². The molecule has 1 rings (SSSR count). The van der Waals surface area contributed by atoms with Crippen molar-refractivity contribution in [2.24, 2.45) is 5.73 Å². The molecule has 4 heteroatoms. The number of rotatable bonds is 3. The zero-order chi connectivity index (χ0) is 10.7. The molecule has 0 aromatic heterocycles. The van der Waals surface area contributed by atoms with E-state index in [9.17, 15) is 9.50 Å². The lowest BCUT2D eigenvalue weighted by molar-refractivity contribution is 0.452. The molecule has 0 spiro atoms. The molecule has 0 aliphatic rings. The van der Waals surface area contributed by atoms with Crippen molar-refractivity contribution in [3.8, 4) is 5.75 Å². The molecule has 1 aromatic carbocycles. The molecule has 1 aromatic rings. The Hall–Kier alpha value is -0.800. The lowest BCUT2D eigenvalue weighted by Crippen LogP contribution is -2.10. The molecule has 0 radical (unpaired) electrons. The molecule has 78 valence electrons. The first-order valence-electron chi connectivity index (χ1n) is 4.49. The third-order valence-electron chi connectivity index (χ3n) is 2.07. The molecule has 0 bridgehead atoms. The number of phenols is 1. The maximum absolute atomic E-state index is 12.9. The van der Waals surface area contributed by atoms with Crippen LogP contribution in [-0.4, -0.2) is 5.11 Å². The van der Waals surface area contributed by atoms with E-state index in [-0.39, 0.29) is 16.8 Å². The van der Waals surface area contributed by atoms with Crippen LogP contribution in [0, 0.1) is 5.82 Å². The topological polar surface area (TPSA) is 46.2 Å². The Kier molecular flexibility index (Phi) is 3.72. The van der Waals surface area contributed by atoms with Crippen LogP contribution in [0.5, 0.6) is 5.75 Å². The first-order chi connectivity index (χ1) is 6.56. The first-order valence-corrected chi connectivity index (χ1v) is 4.87. The maximum atomic E-state index is 12.9. The molecule has 0 fully saturated rings. The minimum Gasteiger partial charge on any atom is -0.508 e. The molecular weight excluding hydrogens is 205 g/mol. The molecule has 1 atom stereocenters. The molecule has 0 saturated heterocycles. The summed E-state index contributed by atoms with van der Waals surface area (Å²) in [5.41, 5.74) is 6.28. The molecule has 3 N–H and O–H groups in total. The number of halogens is 2. The monoisotopic (exact) mass is 217 g/mol. The summed E-state index contributed by atoms with van der Waals surface area (Å²) >= 11 is 5.59. The largest absolute Gasteiger partial charge is 0.508 e. The van der Waals surface area contributed by atoms with Crippen molar-refractivity contribution in [2.75, 3.05) is 0 Å². The standard InChI is InChI=1S/C10H13ClFNO/c1-2-3-9(13)6-4-7(11)8(12)5-10(6)14/h4-5,9,14H,2-3,13H2,1H3. The van der Waals surface area contributed by atoms with Gasteiger partial charge < -0.3 is 10.8 Å². The van der Waals surface area contributed by atoms with Gasteiger partial charge in [0.2, 0.25) is 0 Å². The van der Waals surface area contributed by atoms with E-state index in [4.69, 9.17) is 17.3 Å². The van der Waals surface area contributed by atoms with Gasteiger partial charge in [-0.25, -0.2) is 4.39 Å². The van der Waals surface area contributed by atoms with E-state index in [1.807, 2.05) is 6.92 Å². The van der Waals surface area contributed by atoms with Gasteiger partial charge in [0.15, 0.2) is 0 Å². The Morgan fingerprint density at radius 3 is 2.79 bits per heavy atom. The minimum atomic E-state index is -0.628. The average Bonchev–Trinajstić information content (AvgIpc) is 2.11. The molecule has 14 heavy (non-hydrogen) atoms. The zero-order valence-corrected chi connectivity index (χ0v) is 8.68. The van der Waals surface area contributed by atoms with E-state index >= 15 is 0 Å². The highest BCUT2D eigenvalue weighted by atomic mass is 35.5. The number of hydrogen-bond acceptors (Lipinski definition) is 2. The molecular formula is C10H13ClFNO. The van der Waals surface area contributed by atoms with Crippen LogP contribution in [0.3, 0.4) is 0 Å². The van der Waals surface area contributed by atoms with Crippen molar-refractivity contribution in [3.05, 3.63) is 28.5 Å². The smallest absolute Gasteiger partial charge is 0.145 e. The fraction of sp³-hybridized carbons (Fsp3) is 0.400. The second-order valence-corrected chi connectivity index (χ2v) is 3.63. The predicted molar refractivity (Wildman–Crippen MR) is 54.9 cm³/mol. The number of nitrogens with two attached hydrogens (primary N) is 1. The van der Waals surface area contributed by atoms with Gasteiger partial charge >= 0.3 is 0 Å². The van der Waals surface area contributed by atoms with Gasteiger partial charge in [-0.05, 0) is 12.5 Å². The van der Waals surface area contributed by atoms with Crippen LogP contribution in [0.25, 0.3) is 0 Å². The normalized spacial score (nSPS) is 12.9. The van der Waals surface area contributed by atoms with Gasteiger partial charge in [0, 0.05) is 17.7 Å². The van der Waals surface area contributed by atoms with Gasteiger partial charge in [0.25, 0.3) is 0 Å². The van der Waals surface area contributed by atoms with E-state index in [0.717, 1.165) is 18.9 Å². The summed E-state index contributed by atoms with van der Waals surface area (Å²) in [6.45, 7) is 1.99. The highest BCUT2D eigenvalue weighted by molar-refractivity contribution is 6.30. The van der Waals surface area contributed by atoms with Gasteiger partial charge in [0.1, 0.15) is 11.6 Å². The van der Waals surface area contributed by atoms with Crippen molar-refractivity contribution >= 4 is 11.6 Å². The maximum Gasteiger partial charge on any atom is 0.145 e. The lowest BCUT2D eigenvalue weighted by Gasteiger charge is -2.13. The number of phenolic OH excluding ortho intramolecular Hbond substituents is 1. The third-order valence-corrected chi connectivity index (χ3v) is 2.36. The number of benzene rings is 1. The highest BCUT2D eigenvalue weighted by Gasteiger charge is 2.13. The summed E-state index contributed by atoms with van der Waals surface area (Å²) in [7, 11) is 0. The Bertz CT molecular complexity index is 330. The second kappa shape index (κ2) is 4.62. The average molecular weight is 218 g/mol. The molecule has 0 amide bonds. The number of hydrogen-bond donors (Lipinski definition) is 2. The molecule has 0 saturated carbocycles. The summed E-state index contributed by atoms with van der Waals surface area (Å²) in [6, 6.07) is 2.08. The van der Waals surface area contributed by atoms with Crippen LogP contribution in [0.2, 0.25) is 5.02 Å². The van der Waals surface area contributed by atoms with Crippen molar-refractivity contribution < 1.29 is 9.50 Å². The SMILES string of the molecule is CCCC(N)c1cc(Cl)c(F)cc1O. The van der Waals surface area contributed by atoms with Gasteiger partial charge in [-0.1, -0.05) is 24.9 Å². The molecule has 0 aliphatic heterocycles. The van der Waals surface area contributed by atoms with E-state index in [2.05, 4.69) is 0 Å². The Labute approximate surface area is 87.5 Å². The Balaban J connectivity index is 3.02. The molecule has 0 heterocycles. The van der Waals surface area contributed by atoms with E-state index < -0.39 is 5.82 Å². The quantitative estimate of drug-likeness (QED) is 0.818. The summed E-state index contributed by atoms with van der Waals surface area (Å²) in [4.78, 5) is 0. The van der Waals surface area contributed by atoms with E-state index in [0.29, 0.717) is 5.56 Å². The van der Waals surface area contributed by atoms with E-state index in [1.54, 1.807) is 0 Å². The summed E-state index contributed by atoms with van der Waals surface area (Å²) in [5.74, 6) is -0.760. The molecule has 2 nitrogen and oxygen atoms in total. The molecule has 0 aliphatic carbocycles. The van der Waals surface area contributed by atoms with Crippen molar-refractivity contribution in [1.82, 2.24) is 0 Å². The van der Waals surface area contributed by atoms with Crippen LogP contribution in [0.15, 0.2) is 12.1 Å². The fourth-order valence-corrected chi connectivity index (χ4v) is 1.49. The zero-order valence-electron chi connectivity index (χ0n) is 7.93. The second-order valence-electron chi connectivity index (χ2n) is 3.22. The van der Waals surface area contributed by atoms with Gasteiger partial charge in [-0.3, -0.25) is 0 Å². The van der Waals surface area contributed by atoms with Crippen LogP contribution in [0.1, 0.15) is 31.4 Å². The summed E-state index contributed by atoms with van der Waals surface area (Å²) in [5, 5.41) is 9.42. The van der Waals surface area contributed by atoms with Crippen molar-refractivity contribution in [1.29, 1.82) is 0 Å². The van der Waals surface area contributed by atoms with Crippen LogP contribution in [0.4, 0.5) is 4.39 Å². The van der Waals surface area contributed by atoms with E-state index in [1.165, 1.54) is 6.07 Å². The first kappa shape index (κ1) is 11.3. The predicted octanol–water partition coefficient (Wildman–Crippen LogP) is 2.98. The third kappa shape index (κ3) is 2.36. The van der Waals surface area contributed by atoms with Crippen LogP contribution < -0.4 is 5.73 Å². The van der Waals surface area contributed by atoms with Gasteiger partial charge in [0.05, 0.1) is 5.02 Å². The van der Waals surface area contributed by atoms with Crippen LogP contribution >= 0.6 is 11.6 Å². The van der Waals surface area contributed by atoms with Crippen LogP contribution in [-0.2, 0) is 0 Å². The highest BCUT2D eigenvalue weighted by Crippen LogP contribution is 2.30. The summed E-state index contributed by atoms with van der Waals surface area (Å²) in [6.07, 6.45) is 1.63. The van der Waals surface area contributed by atoms with Crippen molar-refractivity contribution in [3.63, 3.8) is 0 Å². The van der Waals surface area contributed by atoms with Gasteiger partial charge in [-0.15, -0.1) is 0 Å². The Morgan fingerprint density at radius 1 is 1.57 bits per heavy atom. The van der Waals surface area contributed by atoms with Gasteiger partial charge in [-0.2, -0.15) is 0 Å². The minimum absolute atomic E-state index is 0.00986. The lowest BCUT2D eigenvalue weighted by atomic mass is 10.0. The Morgan fingerprint density at radius 2 is 2.21 bits per heavy atom. The number of aromatic hydroxyl groups is 1. The fourth-order valence-electron chi connectivity index (χ4n) is 1.32.